The second kappa shape index (κ2) is 15.0. The molecule has 0 N–H and O–H groups in total. The first kappa shape index (κ1) is 37.5. The monoisotopic (exact) mass is 818 g/mol. The van der Waals surface area contributed by atoms with Crippen molar-refractivity contribution in [3.63, 3.8) is 0 Å². The summed E-state index contributed by atoms with van der Waals surface area (Å²) in [5.74, 6) is 1.89. The standard InChI is InChI=1S/C60H42N4/c1-60(2)53-26-13-11-24-49(53)50-34-32-44(38-54(50)60)48-23-10-9-22-47(48)43-33-35-56-52(37-43)51-25-12-14-27-55(51)64(56)46-21-15-20-45(36-46)59-62-57(41-18-7-4-8-19-41)61-58(63-59)42-30-28-40(29-31-42)39-16-5-3-6-17-39/h3-38H,1-2H3. The molecule has 2 aromatic heterocycles. The molecule has 0 fully saturated rings. The number of fused-ring (bicyclic) bond motifs is 6. The van der Waals surface area contributed by atoms with Crippen LogP contribution in [0.2, 0.25) is 0 Å². The average Bonchev–Trinajstić information content (AvgIpc) is 3.82. The SMILES string of the molecule is CC1(C)c2ccccc2-c2ccc(-c3ccccc3-c3ccc4c(c3)c3ccccc3n4-c3cccc(-c4nc(-c5ccccc5)nc(-c5ccc(-c6ccccc6)cc5)n4)c3)cc21. The smallest absolute Gasteiger partial charge is 0.164 e. The minimum atomic E-state index is -0.0694. The first-order valence-corrected chi connectivity index (χ1v) is 21.9. The summed E-state index contributed by atoms with van der Waals surface area (Å²) in [6.07, 6.45) is 0. The summed E-state index contributed by atoms with van der Waals surface area (Å²) >= 11 is 0. The van der Waals surface area contributed by atoms with Crippen molar-refractivity contribution < 1.29 is 0 Å². The fourth-order valence-corrected chi connectivity index (χ4v) is 9.85. The third-order valence-corrected chi connectivity index (χ3v) is 13.1. The van der Waals surface area contributed by atoms with Crippen molar-refractivity contribution in [1.82, 2.24) is 19.5 Å². The van der Waals surface area contributed by atoms with Crippen LogP contribution >= 0.6 is 0 Å². The lowest BCUT2D eigenvalue weighted by Crippen LogP contribution is -2.14. The molecule has 0 amide bonds. The molecule has 0 radical (unpaired) electrons. The Balaban J connectivity index is 0.952. The van der Waals surface area contributed by atoms with Crippen molar-refractivity contribution in [3.8, 4) is 84.4 Å². The second-order valence-electron chi connectivity index (χ2n) is 17.2. The first-order chi connectivity index (χ1) is 31.5. The van der Waals surface area contributed by atoms with Crippen LogP contribution in [0.15, 0.2) is 218 Å². The van der Waals surface area contributed by atoms with Gasteiger partial charge in [-0.15, -0.1) is 0 Å². The molecule has 0 saturated carbocycles. The van der Waals surface area contributed by atoms with Gasteiger partial charge < -0.3 is 4.57 Å². The van der Waals surface area contributed by atoms with Gasteiger partial charge in [0.15, 0.2) is 17.5 Å². The minimum Gasteiger partial charge on any atom is -0.309 e. The molecule has 302 valence electrons. The van der Waals surface area contributed by atoms with E-state index in [1.807, 2.05) is 36.4 Å². The fourth-order valence-electron chi connectivity index (χ4n) is 9.85. The zero-order chi connectivity index (χ0) is 42.8. The first-order valence-electron chi connectivity index (χ1n) is 21.9. The molecule has 2 heterocycles. The van der Waals surface area contributed by atoms with E-state index in [-0.39, 0.29) is 5.41 Å². The molecule has 0 bridgehead atoms. The Morgan fingerprint density at radius 2 is 0.797 bits per heavy atom. The lowest BCUT2D eigenvalue weighted by molar-refractivity contribution is 0.660. The molecule has 1 aliphatic carbocycles. The maximum Gasteiger partial charge on any atom is 0.164 e. The number of aromatic nitrogens is 4. The van der Waals surface area contributed by atoms with Crippen LogP contribution < -0.4 is 0 Å². The summed E-state index contributed by atoms with van der Waals surface area (Å²) in [6, 6.07) is 78.0. The van der Waals surface area contributed by atoms with Gasteiger partial charge in [-0.25, -0.2) is 15.0 Å². The maximum atomic E-state index is 5.13. The van der Waals surface area contributed by atoms with Crippen LogP contribution in [0.1, 0.15) is 25.0 Å². The predicted molar refractivity (Wildman–Crippen MR) is 264 cm³/mol. The molecule has 9 aromatic carbocycles. The van der Waals surface area contributed by atoms with Crippen molar-refractivity contribution in [2.45, 2.75) is 19.3 Å². The second-order valence-corrected chi connectivity index (χ2v) is 17.2. The van der Waals surface area contributed by atoms with Crippen LogP contribution in [-0.2, 0) is 5.41 Å². The quantitative estimate of drug-likeness (QED) is 0.161. The third-order valence-electron chi connectivity index (χ3n) is 13.1. The molecule has 0 spiro atoms. The molecular formula is C60H42N4. The van der Waals surface area contributed by atoms with Gasteiger partial charge in [0.1, 0.15) is 0 Å². The summed E-state index contributed by atoms with van der Waals surface area (Å²) in [6.45, 7) is 4.70. The van der Waals surface area contributed by atoms with Gasteiger partial charge in [0.25, 0.3) is 0 Å². The van der Waals surface area contributed by atoms with E-state index in [9.17, 15) is 0 Å². The van der Waals surface area contributed by atoms with Gasteiger partial charge in [0.2, 0.25) is 0 Å². The largest absolute Gasteiger partial charge is 0.309 e. The van der Waals surface area contributed by atoms with Gasteiger partial charge in [-0.05, 0) is 92.0 Å². The molecule has 64 heavy (non-hydrogen) atoms. The number of nitrogens with zero attached hydrogens (tertiary/aromatic N) is 4. The normalized spacial score (nSPS) is 12.7. The van der Waals surface area contributed by atoms with E-state index in [2.05, 4.69) is 200 Å². The number of para-hydroxylation sites is 1. The zero-order valence-electron chi connectivity index (χ0n) is 35.6. The van der Waals surface area contributed by atoms with E-state index < -0.39 is 0 Å². The molecule has 4 nitrogen and oxygen atoms in total. The third kappa shape index (κ3) is 6.26. The molecule has 0 saturated heterocycles. The van der Waals surface area contributed by atoms with Gasteiger partial charge >= 0.3 is 0 Å². The lowest BCUT2D eigenvalue weighted by Gasteiger charge is -2.22. The van der Waals surface area contributed by atoms with Crippen molar-refractivity contribution in [3.05, 3.63) is 230 Å². The summed E-state index contributed by atoms with van der Waals surface area (Å²) in [7, 11) is 0. The fraction of sp³-hybridized carbons (Fsp3) is 0.0500. The van der Waals surface area contributed by atoms with Gasteiger partial charge in [-0.1, -0.05) is 196 Å². The Labute approximate surface area is 372 Å². The zero-order valence-corrected chi connectivity index (χ0v) is 35.6. The Morgan fingerprint density at radius 3 is 1.53 bits per heavy atom. The van der Waals surface area contributed by atoms with E-state index in [1.165, 1.54) is 60.8 Å². The highest BCUT2D eigenvalue weighted by Crippen LogP contribution is 2.50. The summed E-state index contributed by atoms with van der Waals surface area (Å²) in [5.41, 5.74) is 18.7. The Bertz CT molecular complexity index is 3570. The minimum absolute atomic E-state index is 0.0694. The van der Waals surface area contributed by atoms with Gasteiger partial charge in [0.05, 0.1) is 11.0 Å². The number of benzene rings is 9. The van der Waals surface area contributed by atoms with E-state index >= 15 is 0 Å². The average molecular weight is 819 g/mol. The highest BCUT2D eigenvalue weighted by atomic mass is 15.0. The van der Waals surface area contributed by atoms with Crippen molar-refractivity contribution in [1.29, 1.82) is 0 Å². The summed E-state index contributed by atoms with van der Waals surface area (Å²) in [4.78, 5) is 15.2. The molecular weight excluding hydrogens is 777 g/mol. The number of hydrogen-bond acceptors (Lipinski definition) is 3. The van der Waals surface area contributed by atoms with Crippen LogP contribution in [0.25, 0.3) is 106 Å². The van der Waals surface area contributed by atoms with Crippen molar-refractivity contribution >= 4 is 21.8 Å². The van der Waals surface area contributed by atoms with Crippen LogP contribution in [0.3, 0.4) is 0 Å². The highest BCUT2D eigenvalue weighted by Gasteiger charge is 2.35. The van der Waals surface area contributed by atoms with Gasteiger partial charge in [-0.2, -0.15) is 0 Å². The Morgan fingerprint density at radius 1 is 0.312 bits per heavy atom. The number of hydrogen-bond donors (Lipinski definition) is 0. The van der Waals surface area contributed by atoms with Crippen LogP contribution in [0.5, 0.6) is 0 Å². The summed E-state index contributed by atoms with van der Waals surface area (Å²) < 4.78 is 2.37. The highest BCUT2D eigenvalue weighted by molar-refractivity contribution is 6.11. The maximum absolute atomic E-state index is 5.13. The van der Waals surface area contributed by atoms with Gasteiger partial charge in [-0.3, -0.25) is 0 Å². The topological polar surface area (TPSA) is 43.6 Å². The molecule has 0 aliphatic heterocycles. The molecule has 0 atom stereocenters. The molecule has 11 aromatic rings. The van der Waals surface area contributed by atoms with E-state index in [0.29, 0.717) is 17.5 Å². The predicted octanol–water partition coefficient (Wildman–Crippen LogP) is 15.3. The van der Waals surface area contributed by atoms with Crippen LogP contribution in [0.4, 0.5) is 0 Å². The van der Waals surface area contributed by atoms with Gasteiger partial charge in [0, 0.05) is 38.6 Å². The molecule has 1 aliphatic rings. The van der Waals surface area contributed by atoms with E-state index in [0.717, 1.165) is 39.0 Å². The van der Waals surface area contributed by atoms with Crippen molar-refractivity contribution in [2.75, 3.05) is 0 Å². The lowest BCUT2D eigenvalue weighted by atomic mass is 9.81. The summed E-state index contributed by atoms with van der Waals surface area (Å²) in [5, 5.41) is 2.40. The molecule has 4 heteroatoms. The van der Waals surface area contributed by atoms with Crippen LogP contribution in [-0.4, -0.2) is 19.5 Å². The van der Waals surface area contributed by atoms with E-state index in [1.54, 1.807) is 0 Å². The Kier molecular flexibility index (Phi) is 8.80. The number of rotatable bonds is 7. The molecule has 12 rings (SSSR count). The van der Waals surface area contributed by atoms with Crippen LogP contribution in [0, 0.1) is 0 Å². The Hall–Kier alpha value is -8.21. The molecule has 0 unspecified atom stereocenters. The van der Waals surface area contributed by atoms with Crippen molar-refractivity contribution in [2.24, 2.45) is 0 Å². The van der Waals surface area contributed by atoms with E-state index in [4.69, 9.17) is 15.0 Å².